The number of likely N-dealkylation sites (tertiary alicyclic amines) is 1. The van der Waals surface area contributed by atoms with Gasteiger partial charge in [-0.3, -0.25) is 9.59 Å². The van der Waals surface area contributed by atoms with Crippen LogP contribution in [0.4, 0.5) is 23.7 Å². The van der Waals surface area contributed by atoms with E-state index in [1.165, 1.54) is 42.3 Å². The van der Waals surface area contributed by atoms with Crippen LogP contribution >= 0.6 is 0 Å². The Kier molecular flexibility index (Phi) is 9.19. The van der Waals surface area contributed by atoms with Gasteiger partial charge >= 0.3 is 12.2 Å². The average Bonchev–Trinajstić information content (AvgIpc) is 2.90. The zero-order chi connectivity index (χ0) is 28.1. The van der Waals surface area contributed by atoms with Gasteiger partial charge in [0.15, 0.2) is 5.78 Å². The molecule has 1 fully saturated rings. The number of piperidine rings is 1. The molecule has 0 spiro atoms. The second kappa shape index (κ2) is 12.0. The molecule has 3 rings (SSSR count). The maximum atomic E-state index is 13.6. The molecule has 206 valence electrons. The highest BCUT2D eigenvalue weighted by atomic mass is 19.4. The molecular formula is C28H34F3N3O4. The smallest absolute Gasteiger partial charge is 0.390 e. The molecule has 0 radical (unpaired) electrons. The van der Waals surface area contributed by atoms with Crippen molar-refractivity contribution in [3.8, 4) is 0 Å². The number of alkyl halides is 3. The third-order valence-corrected chi connectivity index (χ3v) is 7.21. The number of carbonyl (C=O) groups excluding carboxylic acids is 3. The zero-order valence-corrected chi connectivity index (χ0v) is 21.8. The summed E-state index contributed by atoms with van der Waals surface area (Å²) in [7, 11) is 1.46. The number of hydrogen-bond donors (Lipinski definition) is 3. The number of urea groups is 1. The van der Waals surface area contributed by atoms with Gasteiger partial charge in [0, 0.05) is 42.5 Å². The fourth-order valence-corrected chi connectivity index (χ4v) is 4.73. The Morgan fingerprint density at radius 3 is 2.08 bits per heavy atom. The third-order valence-electron chi connectivity index (χ3n) is 7.21. The predicted molar refractivity (Wildman–Crippen MR) is 138 cm³/mol. The van der Waals surface area contributed by atoms with Crippen molar-refractivity contribution < 1.29 is 32.7 Å². The molecule has 10 heteroatoms. The summed E-state index contributed by atoms with van der Waals surface area (Å²) in [6.45, 7) is 4.69. The van der Waals surface area contributed by atoms with Gasteiger partial charge in [-0.15, -0.1) is 0 Å². The van der Waals surface area contributed by atoms with Crippen LogP contribution in [0.5, 0.6) is 0 Å². The molecule has 7 nitrogen and oxygen atoms in total. The van der Waals surface area contributed by atoms with Crippen molar-refractivity contribution in [2.24, 2.45) is 5.92 Å². The first kappa shape index (κ1) is 29.2. The van der Waals surface area contributed by atoms with Crippen LogP contribution in [-0.4, -0.2) is 53.5 Å². The van der Waals surface area contributed by atoms with Crippen LogP contribution in [-0.2, 0) is 6.18 Å². The molecule has 3 N–H and O–H groups in total. The van der Waals surface area contributed by atoms with E-state index in [0.717, 1.165) is 25.0 Å². The van der Waals surface area contributed by atoms with E-state index in [1.807, 2.05) is 0 Å². The standard InChI is InChI=1S/C28H34F3N3O4/c1-4-18(5-2)17-27(38)10-12-34(13-11-27)26(37)33-23-15-21(14-22(16-23)28(29,30)31)24(35)19-6-8-20(9-7-19)25(36)32-3/h6-9,14-16,18,38H,4-5,10-13,17H2,1-3H3,(H,32,36)(H,33,37). The largest absolute Gasteiger partial charge is 0.416 e. The second-order valence-corrected chi connectivity index (χ2v) is 9.81. The lowest BCUT2D eigenvalue weighted by molar-refractivity contribution is -0.137. The van der Waals surface area contributed by atoms with Crippen molar-refractivity contribution in [2.45, 2.75) is 57.7 Å². The highest BCUT2D eigenvalue weighted by molar-refractivity contribution is 6.10. The zero-order valence-electron chi connectivity index (χ0n) is 21.8. The minimum Gasteiger partial charge on any atom is -0.390 e. The van der Waals surface area contributed by atoms with E-state index in [2.05, 4.69) is 24.5 Å². The Hall–Kier alpha value is -3.40. The van der Waals surface area contributed by atoms with E-state index in [0.29, 0.717) is 30.7 Å². The molecule has 0 aromatic heterocycles. The van der Waals surface area contributed by atoms with E-state index < -0.39 is 29.2 Å². The third kappa shape index (κ3) is 7.12. The van der Waals surface area contributed by atoms with Crippen molar-refractivity contribution >= 4 is 23.4 Å². The maximum absolute atomic E-state index is 13.6. The molecule has 0 unspecified atom stereocenters. The minimum atomic E-state index is -4.74. The highest BCUT2D eigenvalue weighted by Crippen LogP contribution is 2.34. The number of ketones is 1. The van der Waals surface area contributed by atoms with Crippen LogP contribution < -0.4 is 10.6 Å². The summed E-state index contributed by atoms with van der Waals surface area (Å²) in [5.41, 5.74) is -1.94. The summed E-state index contributed by atoms with van der Waals surface area (Å²) >= 11 is 0. The van der Waals surface area contributed by atoms with Gasteiger partial charge < -0.3 is 20.6 Å². The Labute approximate surface area is 220 Å². The van der Waals surface area contributed by atoms with Crippen LogP contribution in [0.15, 0.2) is 42.5 Å². The van der Waals surface area contributed by atoms with Gasteiger partial charge in [-0.25, -0.2) is 4.79 Å². The molecule has 38 heavy (non-hydrogen) atoms. The lowest BCUT2D eigenvalue weighted by Gasteiger charge is -2.39. The van der Waals surface area contributed by atoms with Gasteiger partial charge in [0.05, 0.1) is 11.2 Å². The van der Waals surface area contributed by atoms with Gasteiger partial charge in [-0.1, -0.05) is 38.8 Å². The lowest BCUT2D eigenvalue weighted by atomic mass is 9.81. The molecule has 0 bridgehead atoms. The van der Waals surface area contributed by atoms with Gasteiger partial charge in [0.1, 0.15) is 0 Å². The van der Waals surface area contributed by atoms with Gasteiger partial charge in [-0.05, 0) is 55.5 Å². The van der Waals surface area contributed by atoms with Crippen molar-refractivity contribution in [3.63, 3.8) is 0 Å². The molecule has 2 aromatic carbocycles. The number of carbonyl (C=O) groups is 3. The van der Waals surface area contributed by atoms with E-state index >= 15 is 0 Å². The number of nitrogens with zero attached hydrogens (tertiary/aromatic N) is 1. The predicted octanol–water partition coefficient (Wildman–Crippen LogP) is 5.48. The molecule has 1 aliphatic heterocycles. The van der Waals surface area contributed by atoms with Gasteiger partial charge in [0.25, 0.3) is 5.91 Å². The number of benzene rings is 2. The van der Waals surface area contributed by atoms with E-state index in [9.17, 15) is 32.7 Å². The van der Waals surface area contributed by atoms with Crippen LogP contribution in [0.3, 0.4) is 0 Å². The first-order valence-corrected chi connectivity index (χ1v) is 12.8. The van der Waals surface area contributed by atoms with Crippen LogP contribution in [0.25, 0.3) is 0 Å². The average molecular weight is 534 g/mol. The number of anilines is 1. The Morgan fingerprint density at radius 2 is 1.55 bits per heavy atom. The van der Waals surface area contributed by atoms with Gasteiger partial charge in [-0.2, -0.15) is 13.2 Å². The van der Waals surface area contributed by atoms with E-state index in [4.69, 9.17) is 0 Å². The van der Waals surface area contributed by atoms with Crippen molar-refractivity contribution in [1.29, 1.82) is 0 Å². The lowest BCUT2D eigenvalue weighted by Crippen LogP contribution is -2.48. The SMILES string of the molecule is CCC(CC)CC1(O)CCN(C(=O)Nc2cc(C(=O)c3ccc(C(=O)NC)cc3)cc(C(F)(F)F)c2)CC1. The Bertz CT molecular complexity index is 1150. The number of nitrogens with one attached hydrogen (secondary N) is 2. The number of aliphatic hydroxyl groups is 1. The topological polar surface area (TPSA) is 98.7 Å². The fraction of sp³-hybridized carbons (Fsp3) is 0.464. The molecule has 0 aliphatic carbocycles. The van der Waals surface area contributed by atoms with Crippen LogP contribution in [0, 0.1) is 5.92 Å². The quantitative estimate of drug-likeness (QED) is 0.391. The maximum Gasteiger partial charge on any atom is 0.416 e. The number of rotatable bonds is 8. The first-order chi connectivity index (χ1) is 17.9. The van der Waals surface area contributed by atoms with Crippen LogP contribution in [0.2, 0.25) is 0 Å². The summed E-state index contributed by atoms with van der Waals surface area (Å²) in [4.78, 5) is 39.1. The highest BCUT2D eigenvalue weighted by Gasteiger charge is 2.36. The summed E-state index contributed by atoms with van der Waals surface area (Å²) in [5, 5.41) is 15.9. The normalized spacial score (nSPS) is 15.3. The Morgan fingerprint density at radius 1 is 0.974 bits per heavy atom. The number of halogens is 3. The molecule has 3 amide bonds. The molecule has 0 saturated carbocycles. The molecule has 1 aliphatic rings. The summed E-state index contributed by atoms with van der Waals surface area (Å²) in [5.74, 6) is -0.652. The van der Waals surface area contributed by atoms with E-state index in [1.54, 1.807) is 0 Å². The van der Waals surface area contributed by atoms with Crippen LogP contribution in [0.1, 0.15) is 77.8 Å². The molecule has 0 atom stereocenters. The summed E-state index contributed by atoms with van der Waals surface area (Å²) in [6.07, 6.45) is -1.41. The summed E-state index contributed by atoms with van der Waals surface area (Å²) in [6, 6.07) is 7.67. The molecule has 1 saturated heterocycles. The Balaban J connectivity index is 1.77. The summed E-state index contributed by atoms with van der Waals surface area (Å²) < 4.78 is 40.9. The number of hydrogen-bond acceptors (Lipinski definition) is 4. The van der Waals surface area contributed by atoms with Gasteiger partial charge in [0.2, 0.25) is 0 Å². The number of amides is 3. The molecule has 2 aromatic rings. The minimum absolute atomic E-state index is 0.0991. The first-order valence-electron chi connectivity index (χ1n) is 12.8. The monoisotopic (exact) mass is 533 g/mol. The van der Waals surface area contributed by atoms with Crippen molar-refractivity contribution in [1.82, 2.24) is 10.2 Å². The molecular weight excluding hydrogens is 499 g/mol. The fourth-order valence-electron chi connectivity index (χ4n) is 4.73. The van der Waals surface area contributed by atoms with E-state index in [-0.39, 0.29) is 35.8 Å². The second-order valence-electron chi connectivity index (χ2n) is 9.81. The van der Waals surface area contributed by atoms with Crippen molar-refractivity contribution in [3.05, 3.63) is 64.7 Å². The molecule has 1 heterocycles. The van der Waals surface area contributed by atoms with Crippen molar-refractivity contribution in [2.75, 3.05) is 25.5 Å².